The molecule has 1 fully saturated rings. The molecule has 1 rings (SSSR count). The molecule has 1 heterocycles. The SMILES string of the molecule is CCCCC1CC(=O)N(C(=O)O)C1. The van der Waals surface area contributed by atoms with Gasteiger partial charge >= 0.3 is 6.09 Å². The summed E-state index contributed by atoms with van der Waals surface area (Å²) in [5.74, 6) is 0.0113. The molecule has 0 radical (unpaired) electrons. The molecule has 1 unspecified atom stereocenters. The fourth-order valence-corrected chi connectivity index (χ4v) is 1.65. The van der Waals surface area contributed by atoms with Gasteiger partial charge in [-0.15, -0.1) is 0 Å². The molecular weight excluding hydrogens is 170 g/mol. The zero-order valence-electron chi connectivity index (χ0n) is 7.82. The van der Waals surface area contributed by atoms with Crippen LogP contribution in [0.2, 0.25) is 0 Å². The average molecular weight is 185 g/mol. The van der Waals surface area contributed by atoms with Crippen LogP contribution in [0.4, 0.5) is 4.79 Å². The first kappa shape index (κ1) is 10.0. The van der Waals surface area contributed by atoms with E-state index in [4.69, 9.17) is 5.11 Å². The Kier molecular flexibility index (Phi) is 3.28. The van der Waals surface area contributed by atoms with Gasteiger partial charge in [-0.1, -0.05) is 19.8 Å². The first-order chi connectivity index (χ1) is 6.15. The van der Waals surface area contributed by atoms with Gasteiger partial charge in [0.15, 0.2) is 0 Å². The molecule has 74 valence electrons. The summed E-state index contributed by atoms with van der Waals surface area (Å²) in [5, 5.41) is 8.63. The Labute approximate surface area is 77.5 Å². The lowest BCUT2D eigenvalue weighted by molar-refractivity contribution is -0.125. The summed E-state index contributed by atoms with van der Waals surface area (Å²) < 4.78 is 0. The van der Waals surface area contributed by atoms with Gasteiger partial charge in [0.25, 0.3) is 0 Å². The molecule has 0 bridgehead atoms. The highest BCUT2D eigenvalue weighted by molar-refractivity contribution is 5.92. The largest absolute Gasteiger partial charge is 0.465 e. The van der Waals surface area contributed by atoms with Crippen LogP contribution in [0.3, 0.4) is 0 Å². The quantitative estimate of drug-likeness (QED) is 0.728. The molecular formula is C9H15NO3. The lowest BCUT2D eigenvalue weighted by Crippen LogP contribution is -2.30. The summed E-state index contributed by atoms with van der Waals surface area (Å²) >= 11 is 0. The average Bonchev–Trinajstić information content (AvgIpc) is 2.43. The van der Waals surface area contributed by atoms with Crippen LogP contribution >= 0.6 is 0 Å². The van der Waals surface area contributed by atoms with E-state index in [0.29, 0.717) is 13.0 Å². The third kappa shape index (κ3) is 2.44. The number of carbonyl (C=O) groups excluding carboxylic acids is 1. The van der Waals surface area contributed by atoms with Gasteiger partial charge in [0.2, 0.25) is 5.91 Å². The van der Waals surface area contributed by atoms with Crippen LogP contribution in [-0.2, 0) is 4.79 Å². The maximum absolute atomic E-state index is 11.1. The number of carboxylic acid groups (broad SMARTS) is 1. The van der Waals surface area contributed by atoms with Crippen LogP contribution in [0.5, 0.6) is 0 Å². The molecule has 2 amide bonds. The summed E-state index contributed by atoms with van der Waals surface area (Å²) in [5.41, 5.74) is 0. The van der Waals surface area contributed by atoms with E-state index in [1.807, 2.05) is 0 Å². The molecule has 1 saturated heterocycles. The van der Waals surface area contributed by atoms with Crippen LogP contribution in [0.1, 0.15) is 32.6 Å². The predicted molar refractivity (Wildman–Crippen MR) is 47.4 cm³/mol. The Bertz CT molecular complexity index is 215. The third-order valence-corrected chi connectivity index (χ3v) is 2.40. The molecule has 0 aromatic carbocycles. The van der Waals surface area contributed by atoms with E-state index in [-0.39, 0.29) is 11.8 Å². The van der Waals surface area contributed by atoms with E-state index >= 15 is 0 Å². The molecule has 0 saturated carbocycles. The standard InChI is InChI=1S/C9H15NO3/c1-2-3-4-7-5-8(11)10(6-7)9(12)13/h7H,2-6H2,1H3,(H,12,13). The Hall–Kier alpha value is -1.06. The second-order valence-corrected chi connectivity index (χ2v) is 3.50. The summed E-state index contributed by atoms with van der Waals surface area (Å²) in [6, 6.07) is 0. The zero-order valence-corrected chi connectivity index (χ0v) is 7.82. The summed E-state index contributed by atoms with van der Waals surface area (Å²) in [4.78, 5) is 22.6. The fourth-order valence-electron chi connectivity index (χ4n) is 1.65. The molecule has 4 nitrogen and oxygen atoms in total. The van der Waals surface area contributed by atoms with Crippen molar-refractivity contribution in [3.63, 3.8) is 0 Å². The Morgan fingerprint density at radius 1 is 1.69 bits per heavy atom. The second kappa shape index (κ2) is 4.25. The zero-order chi connectivity index (χ0) is 9.84. The number of amides is 2. The van der Waals surface area contributed by atoms with E-state index in [0.717, 1.165) is 24.2 Å². The van der Waals surface area contributed by atoms with Crippen molar-refractivity contribution in [3.05, 3.63) is 0 Å². The van der Waals surface area contributed by atoms with Gasteiger partial charge in [0, 0.05) is 13.0 Å². The molecule has 1 atom stereocenters. The van der Waals surface area contributed by atoms with Crippen LogP contribution in [0, 0.1) is 5.92 Å². The van der Waals surface area contributed by atoms with Crippen molar-refractivity contribution in [1.82, 2.24) is 4.90 Å². The molecule has 13 heavy (non-hydrogen) atoms. The van der Waals surface area contributed by atoms with E-state index in [9.17, 15) is 9.59 Å². The van der Waals surface area contributed by atoms with Crippen molar-refractivity contribution in [3.8, 4) is 0 Å². The number of unbranched alkanes of at least 4 members (excludes halogenated alkanes) is 1. The number of likely N-dealkylation sites (tertiary alicyclic amines) is 1. The first-order valence-electron chi connectivity index (χ1n) is 4.68. The van der Waals surface area contributed by atoms with Gasteiger partial charge in [-0.2, -0.15) is 0 Å². The minimum absolute atomic E-state index is 0.242. The Balaban J connectivity index is 2.41. The maximum Gasteiger partial charge on any atom is 0.414 e. The predicted octanol–water partition coefficient (Wildman–Crippen LogP) is 1.70. The van der Waals surface area contributed by atoms with Gasteiger partial charge in [-0.3, -0.25) is 4.79 Å². The van der Waals surface area contributed by atoms with Gasteiger partial charge in [-0.05, 0) is 12.3 Å². The van der Waals surface area contributed by atoms with Crippen molar-refractivity contribution in [2.45, 2.75) is 32.6 Å². The van der Waals surface area contributed by atoms with Crippen molar-refractivity contribution in [2.75, 3.05) is 6.54 Å². The van der Waals surface area contributed by atoms with E-state index < -0.39 is 6.09 Å². The number of carbonyl (C=O) groups is 2. The molecule has 1 N–H and O–H groups in total. The topological polar surface area (TPSA) is 57.6 Å². The maximum atomic E-state index is 11.1. The Morgan fingerprint density at radius 2 is 2.38 bits per heavy atom. The highest BCUT2D eigenvalue weighted by atomic mass is 16.4. The van der Waals surface area contributed by atoms with Crippen LogP contribution in [0.25, 0.3) is 0 Å². The lowest BCUT2D eigenvalue weighted by atomic mass is 10.0. The molecule has 0 aromatic rings. The van der Waals surface area contributed by atoms with Crippen molar-refractivity contribution >= 4 is 12.0 Å². The minimum Gasteiger partial charge on any atom is -0.465 e. The minimum atomic E-state index is -1.11. The molecule has 0 aliphatic carbocycles. The van der Waals surface area contributed by atoms with Gasteiger partial charge in [0.1, 0.15) is 0 Å². The first-order valence-corrected chi connectivity index (χ1v) is 4.68. The summed E-state index contributed by atoms with van der Waals surface area (Å²) in [6.45, 7) is 2.49. The van der Waals surface area contributed by atoms with Crippen LogP contribution in [0.15, 0.2) is 0 Å². The number of nitrogens with zero attached hydrogens (tertiary/aromatic N) is 1. The second-order valence-electron chi connectivity index (χ2n) is 3.50. The number of hydrogen-bond acceptors (Lipinski definition) is 2. The van der Waals surface area contributed by atoms with Crippen LogP contribution in [-0.4, -0.2) is 28.6 Å². The highest BCUT2D eigenvalue weighted by Crippen LogP contribution is 2.22. The van der Waals surface area contributed by atoms with Crippen molar-refractivity contribution < 1.29 is 14.7 Å². The summed E-state index contributed by atoms with van der Waals surface area (Å²) in [7, 11) is 0. The monoisotopic (exact) mass is 185 g/mol. The van der Waals surface area contributed by atoms with Crippen LogP contribution < -0.4 is 0 Å². The van der Waals surface area contributed by atoms with Crippen molar-refractivity contribution in [1.29, 1.82) is 0 Å². The van der Waals surface area contributed by atoms with Gasteiger partial charge < -0.3 is 5.11 Å². The normalized spacial score (nSPS) is 22.4. The molecule has 4 heteroatoms. The molecule has 0 aromatic heterocycles. The smallest absolute Gasteiger partial charge is 0.414 e. The van der Waals surface area contributed by atoms with Crippen molar-refractivity contribution in [2.24, 2.45) is 5.92 Å². The number of hydrogen-bond donors (Lipinski definition) is 1. The summed E-state index contributed by atoms with van der Waals surface area (Å²) in [6.07, 6.45) is 2.44. The number of rotatable bonds is 3. The molecule has 1 aliphatic rings. The highest BCUT2D eigenvalue weighted by Gasteiger charge is 2.32. The molecule has 1 aliphatic heterocycles. The lowest BCUT2D eigenvalue weighted by Gasteiger charge is -2.09. The van der Waals surface area contributed by atoms with Gasteiger partial charge in [0.05, 0.1) is 0 Å². The molecule has 0 spiro atoms. The van der Waals surface area contributed by atoms with E-state index in [1.165, 1.54) is 0 Å². The van der Waals surface area contributed by atoms with E-state index in [2.05, 4.69) is 6.92 Å². The van der Waals surface area contributed by atoms with Gasteiger partial charge in [-0.25, -0.2) is 9.69 Å². The third-order valence-electron chi connectivity index (χ3n) is 2.40. The number of imide groups is 1. The fraction of sp³-hybridized carbons (Fsp3) is 0.778. The Morgan fingerprint density at radius 3 is 2.85 bits per heavy atom. The van der Waals surface area contributed by atoms with E-state index in [1.54, 1.807) is 0 Å².